The van der Waals surface area contributed by atoms with Gasteiger partial charge in [0.25, 0.3) is 0 Å². The maximum absolute atomic E-state index is 13.9. The molecule has 0 radical (unpaired) electrons. The van der Waals surface area contributed by atoms with Crippen molar-refractivity contribution in [2.24, 2.45) is 5.92 Å². The first-order chi connectivity index (χ1) is 20.1. The zero-order valence-electron chi connectivity index (χ0n) is 23.5. The molecule has 5 N–H and O–H groups in total. The molecule has 6 atom stereocenters. The number of rotatable bonds is 13. The first-order valence-electron chi connectivity index (χ1n) is 13.5. The van der Waals surface area contributed by atoms with Crippen LogP contribution in [0.2, 0.25) is 0 Å². The minimum Gasteiger partial charge on any atom is -0.464 e. The maximum atomic E-state index is 13.9. The van der Waals surface area contributed by atoms with Gasteiger partial charge in [0.05, 0.1) is 18.9 Å². The molecule has 0 bridgehead atoms. The van der Waals surface area contributed by atoms with E-state index in [1.54, 1.807) is 36.4 Å². The van der Waals surface area contributed by atoms with E-state index < -0.39 is 50.3 Å². The predicted octanol–water partition coefficient (Wildman–Crippen LogP) is 2.31. The topological polar surface area (TPSA) is 204 Å². The number of ether oxygens (including phenoxy) is 2. The summed E-state index contributed by atoms with van der Waals surface area (Å²) in [5.41, 5.74) is 4.28. The number of carbonyl (C=O) groups is 1. The Balaban J connectivity index is 1.53. The minimum absolute atomic E-state index is 0.0961. The fraction of sp³-hybridized carbons (Fsp3) is 0.481. The number of nitrogens with two attached hydrogens (primary N) is 1. The van der Waals surface area contributed by atoms with E-state index >= 15 is 0 Å². The first kappa shape index (κ1) is 31.4. The van der Waals surface area contributed by atoms with E-state index in [0.29, 0.717) is 5.52 Å². The second-order valence-electron chi connectivity index (χ2n) is 9.96. The van der Waals surface area contributed by atoms with Crippen molar-refractivity contribution < 1.29 is 38.1 Å². The van der Waals surface area contributed by atoms with E-state index in [1.165, 1.54) is 23.8 Å². The zero-order valence-corrected chi connectivity index (χ0v) is 24.4. The molecule has 1 aliphatic heterocycles. The number of aliphatic hydroxyl groups excluding tert-OH is 2. The van der Waals surface area contributed by atoms with Gasteiger partial charge in [-0.15, -0.1) is 0 Å². The molecule has 1 aromatic carbocycles. The van der Waals surface area contributed by atoms with Gasteiger partial charge in [-0.3, -0.25) is 9.32 Å². The number of esters is 1. The van der Waals surface area contributed by atoms with Gasteiger partial charge >= 0.3 is 13.7 Å². The summed E-state index contributed by atoms with van der Waals surface area (Å²) in [5.74, 6) is -0.143. The van der Waals surface area contributed by atoms with Crippen molar-refractivity contribution in [2.45, 2.75) is 63.6 Å². The number of fused-ring (bicyclic) bond motifs is 1. The average molecular weight is 603 g/mol. The summed E-state index contributed by atoms with van der Waals surface area (Å²) >= 11 is 0. The predicted molar refractivity (Wildman–Crippen MR) is 150 cm³/mol. The van der Waals surface area contributed by atoms with Gasteiger partial charge in [-0.25, -0.2) is 14.1 Å². The molecular formula is C27H35N6O8P. The van der Waals surface area contributed by atoms with Crippen LogP contribution in [0, 0.1) is 17.2 Å². The first-order valence-corrected chi connectivity index (χ1v) is 15.1. The van der Waals surface area contributed by atoms with E-state index in [4.69, 9.17) is 24.3 Å². The fourth-order valence-electron chi connectivity index (χ4n) is 4.57. The second-order valence-corrected chi connectivity index (χ2v) is 11.7. The number of benzene rings is 1. The Morgan fingerprint density at radius 1 is 1.26 bits per heavy atom. The molecule has 0 aliphatic carbocycles. The quantitative estimate of drug-likeness (QED) is 0.164. The number of carbonyl (C=O) groups excluding carboxylic acids is 1. The van der Waals surface area contributed by atoms with Crippen LogP contribution in [-0.4, -0.2) is 68.3 Å². The molecule has 1 aliphatic rings. The summed E-state index contributed by atoms with van der Waals surface area (Å²) in [7, 11) is -4.32. The summed E-state index contributed by atoms with van der Waals surface area (Å²) in [6.45, 7) is 5.08. The second kappa shape index (κ2) is 13.2. The van der Waals surface area contributed by atoms with Crippen molar-refractivity contribution in [1.29, 1.82) is 5.26 Å². The summed E-state index contributed by atoms with van der Waals surface area (Å²) in [5, 5.41) is 38.7. The van der Waals surface area contributed by atoms with Gasteiger partial charge in [-0.2, -0.15) is 15.4 Å². The van der Waals surface area contributed by atoms with E-state index in [-0.39, 0.29) is 29.8 Å². The van der Waals surface area contributed by atoms with Crippen LogP contribution in [0.5, 0.6) is 5.75 Å². The molecule has 15 heteroatoms. The number of para-hydroxylation sites is 1. The Morgan fingerprint density at radius 2 is 1.98 bits per heavy atom. The number of aromatic nitrogens is 3. The van der Waals surface area contributed by atoms with Crippen LogP contribution in [0.1, 0.15) is 39.3 Å². The van der Waals surface area contributed by atoms with Crippen LogP contribution in [0.3, 0.4) is 0 Å². The van der Waals surface area contributed by atoms with Crippen molar-refractivity contribution in [3.63, 3.8) is 0 Å². The number of nitrogen functional groups attached to an aromatic ring is 1. The van der Waals surface area contributed by atoms with Crippen LogP contribution < -0.4 is 15.3 Å². The van der Waals surface area contributed by atoms with Crippen molar-refractivity contribution in [2.75, 3.05) is 18.9 Å². The van der Waals surface area contributed by atoms with Crippen LogP contribution in [0.15, 0.2) is 48.8 Å². The molecule has 0 unspecified atom stereocenters. The van der Waals surface area contributed by atoms with Crippen LogP contribution in [0.25, 0.3) is 5.52 Å². The number of nitriles is 1. The summed E-state index contributed by atoms with van der Waals surface area (Å²) < 4.78 is 37.8. The Labute approximate surface area is 242 Å². The van der Waals surface area contributed by atoms with Gasteiger partial charge in [0.2, 0.25) is 5.60 Å². The zero-order chi connectivity index (χ0) is 30.5. The van der Waals surface area contributed by atoms with Crippen molar-refractivity contribution in [3.8, 4) is 11.8 Å². The van der Waals surface area contributed by atoms with Crippen LogP contribution >= 0.6 is 7.75 Å². The largest absolute Gasteiger partial charge is 0.464 e. The highest BCUT2D eigenvalue weighted by atomic mass is 31.2. The van der Waals surface area contributed by atoms with Gasteiger partial charge in [0.1, 0.15) is 48.0 Å². The number of hydrogen-bond donors (Lipinski definition) is 4. The van der Waals surface area contributed by atoms with Crippen LogP contribution in [0.4, 0.5) is 5.82 Å². The molecular weight excluding hydrogens is 567 g/mol. The Morgan fingerprint density at radius 3 is 2.64 bits per heavy atom. The third-order valence-corrected chi connectivity index (χ3v) is 8.83. The molecule has 1 fully saturated rings. The third kappa shape index (κ3) is 6.42. The molecule has 0 spiro atoms. The summed E-state index contributed by atoms with van der Waals surface area (Å²) in [6.07, 6.45) is -1.87. The Kier molecular flexibility index (Phi) is 9.83. The lowest BCUT2D eigenvalue weighted by Gasteiger charge is -2.25. The van der Waals surface area contributed by atoms with E-state index in [1.807, 2.05) is 19.9 Å². The molecule has 226 valence electrons. The van der Waals surface area contributed by atoms with Gasteiger partial charge in [-0.05, 0) is 37.1 Å². The molecule has 2 aromatic heterocycles. The highest BCUT2D eigenvalue weighted by Crippen LogP contribution is 2.47. The van der Waals surface area contributed by atoms with Crippen molar-refractivity contribution >= 4 is 25.1 Å². The summed E-state index contributed by atoms with van der Waals surface area (Å²) in [6, 6.07) is 12.0. The molecule has 42 heavy (non-hydrogen) atoms. The normalized spacial score (nSPS) is 24.3. The van der Waals surface area contributed by atoms with Gasteiger partial charge in [0.15, 0.2) is 5.82 Å². The highest BCUT2D eigenvalue weighted by molar-refractivity contribution is 7.52. The average Bonchev–Trinajstić information content (AvgIpc) is 3.53. The van der Waals surface area contributed by atoms with Gasteiger partial charge in [-0.1, -0.05) is 44.9 Å². The number of nitrogens with zero attached hydrogens (tertiary/aromatic N) is 4. The lowest BCUT2D eigenvalue weighted by Crippen LogP contribution is -2.41. The molecule has 4 rings (SSSR count). The lowest BCUT2D eigenvalue weighted by atomic mass is 9.92. The monoisotopic (exact) mass is 602 g/mol. The van der Waals surface area contributed by atoms with Gasteiger partial charge < -0.3 is 29.9 Å². The van der Waals surface area contributed by atoms with Crippen molar-refractivity contribution in [3.05, 3.63) is 54.5 Å². The summed E-state index contributed by atoms with van der Waals surface area (Å²) in [4.78, 5) is 16.6. The molecule has 14 nitrogen and oxygen atoms in total. The van der Waals surface area contributed by atoms with E-state index in [0.717, 1.165) is 12.8 Å². The fourth-order valence-corrected chi connectivity index (χ4v) is 6.07. The molecule has 0 amide bonds. The molecule has 1 saturated heterocycles. The molecule has 0 saturated carbocycles. The SMILES string of the molecule is CCC(CC)COC(=O)[C@@H](C)N[P@@](=O)(OC[C@H]1O[C@@](C#N)(c2ccc3c(N)ncnn23)[C@H](O)[C@@H]1O)Oc1ccccc1. The maximum Gasteiger partial charge on any atom is 0.459 e. The highest BCUT2D eigenvalue weighted by Gasteiger charge is 2.58. The van der Waals surface area contributed by atoms with E-state index in [9.17, 15) is 24.8 Å². The van der Waals surface area contributed by atoms with Crippen molar-refractivity contribution in [1.82, 2.24) is 19.7 Å². The standard InChI is InChI=1S/C27H35N6O8P/c1-4-18(5-2)13-38-26(36)17(3)32-42(37,41-19-9-7-6-8-10-19)39-14-21-23(34)24(35)27(15-28,40-21)22-12-11-20-25(29)30-16-31-33(20)22/h6-12,16-18,21,23-24,34-35H,4-5,13-14H2,1-3H3,(H,32,37)(H2,29,30,31)/t17-,21-,23-,24-,27+,42-/m1/s1. The van der Waals surface area contributed by atoms with Crippen LogP contribution in [-0.2, 0) is 29.0 Å². The third-order valence-electron chi connectivity index (χ3n) is 7.19. The molecule has 3 aromatic rings. The number of nitrogens with one attached hydrogen (secondary N) is 1. The number of aliphatic hydroxyl groups is 2. The minimum atomic E-state index is -4.32. The Hall–Kier alpha value is -3.57. The smallest absolute Gasteiger partial charge is 0.459 e. The lowest BCUT2D eigenvalue weighted by molar-refractivity contribution is -0.146. The molecule has 3 heterocycles. The van der Waals surface area contributed by atoms with Gasteiger partial charge in [0, 0.05) is 0 Å². The number of anilines is 1. The Bertz CT molecular complexity index is 1460. The van der Waals surface area contributed by atoms with E-state index in [2.05, 4.69) is 15.2 Å². The number of hydrogen-bond acceptors (Lipinski definition) is 12.